The molecule has 0 bridgehead atoms. The summed E-state index contributed by atoms with van der Waals surface area (Å²) in [6, 6.07) is -0.128. The number of hydrogen-bond donors (Lipinski definition) is 2. The normalized spacial score (nSPS) is 38.7. The lowest BCUT2D eigenvalue weighted by Crippen LogP contribution is -2.64. The maximum absolute atomic E-state index is 12.1. The number of nitrogens with zero attached hydrogens (tertiary/aromatic N) is 1. The van der Waals surface area contributed by atoms with E-state index in [4.69, 9.17) is 0 Å². The fourth-order valence-corrected chi connectivity index (χ4v) is 4.16. The van der Waals surface area contributed by atoms with E-state index in [0.717, 1.165) is 24.8 Å². The zero-order valence-electron chi connectivity index (χ0n) is 11.2. The molecule has 2 fully saturated rings. The molecule has 1 aliphatic carbocycles. The van der Waals surface area contributed by atoms with Crippen molar-refractivity contribution in [2.45, 2.75) is 45.3 Å². The standard InChI is InChI=1S/C14H19NO4/c1-6-4-3-5-8-9(6)12(14(18)19)15-11(8)10(7(2)16)13(15)17/h6-8,10-11,16H,3-5H2,1-2H3,(H,18,19)/t6-,7?,8+,10+,11+/m0/s1. The van der Waals surface area contributed by atoms with Gasteiger partial charge in [0.25, 0.3) is 0 Å². The molecule has 5 nitrogen and oxygen atoms in total. The average molecular weight is 265 g/mol. The van der Waals surface area contributed by atoms with E-state index in [1.807, 2.05) is 6.92 Å². The molecule has 0 radical (unpaired) electrons. The molecule has 1 saturated heterocycles. The first kappa shape index (κ1) is 12.7. The Morgan fingerprint density at radius 2 is 2.11 bits per heavy atom. The SMILES string of the molecule is CC(O)[C@H]1C(=O)N2C(C(=O)O)=C3[C@@H](CCC[C@@H]3C)[C@H]12. The zero-order valence-corrected chi connectivity index (χ0v) is 11.2. The summed E-state index contributed by atoms with van der Waals surface area (Å²) < 4.78 is 0. The van der Waals surface area contributed by atoms with Gasteiger partial charge in [-0.1, -0.05) is 13.3 Å². The van der Waals surface area contributed by atoms with Crippen molar-refractivity contribution in [3.05, 3.63) is 11.3 Å². The van der Waals surface area contributed by atoms with Crippen molar-refractivity contribution in [3.63, 3.8) is 0 Å². The summed E-state index contributed by atoms with van der Waals surface area (Å²) >= 11 is 0. The molecule has 5 atom stereocenters. The molecule has 3 rings (SSSR count). The molecule has 1 unspecified atom stereocenters. The van der Waals surface area contributed by atoms with Crippen LogP contribution in [0.4, 0.5) is 0 Å². The lowest BCUT2D eigenvalue weighted by molar-refractivity contribution is -0.163. The van der Waals surface area contributed by atoms with Gasteiger partial charge in [-0.15, -0.1) is 0 Å². The van der Waals surface area contributed by atoms with Crippen LogP contribution in [-0.2, 0) is 9.59 Å². The van der Waals surface area contributed by atoms with E-state index in [1.165, 1.54) is 4.90 Å². The van der Waals surface area contributed by atoms with Crippen LogP contribution in [0.3, 0.4) is 0 Å². The van der Waals surface area contributed by atoms with Crippen LogP contribution in [0.15, 0.2) is 11.3 Å². The van der Waals surface area contributed by atoms with Gasteiger partial charge in [-0.25, -0.2) is 4.79 Å². The van der Waals surface area contributed by atoms with Gasteiger partial charge in [0.15, 0.2) is 0 Å². The monoisotopic (exact) mass is 265 g/mol. The number of rotatable bonds is 2. The van der Waals surface area contributed by atoms with Gasteiger partial charge in [0, 0.05) is 5.92 Å². The smallest absolute Gasteiger partial charge is 0.352 e. The molecule has 1 amide bonds. The summed E-state index contributed by atoms with van der Waals surface area (Å²) in [7, 11) is 0. The molecule has 0 aromatic rings. The van der Waals surface area contributed by atoms with Crippen molar-refractivity contribution in [2.75, 3.05) is 0 Å². The molecule has 104 valence electrons. The molecule has 0 aromatic heterocycles. The third kappa shape index (κ3) is 1.51. The van der Waals surface area contributed by atoms with Gasteiger partial charge < -0.3 is 15.1 Å². The van der Waals surface area contributed by atoms with E-state index < -0.39 is 18.0 Å². The van der Waals surface area contributed by atoms with Gasteiger partial charge in [0.05, 0.1) is 18.1 Å². The highest BCUT2D eigenvalue weighted by molar-refractivity contribution is 6.00. The quantitative estimate of drug-likeness (QED) is 0.730. The van der Waals surface area contributed by atoms with Crippen molar-refractivity contribution in [3.8, 4) is 0 Å². The Kier molecular flexibility index (Phi) is 2.71. The van der Waals surface area contributed by atoms with Gasteiger partial charge in [-0.2, -0.15) is 0 Å². The minimum absolute atomic E-state index is 0.128. The van der Waals surface area contributed by atoms with Crippen LogP contribution >= 0.6 is 0 Å². The van der Waals surface area contributed by atoms with Gasteiger partial charge in [0.2, 0.25) is 5.91 Å². The number of fused-ring (bicyclic) bond motifs is 3. The first-order chi connectivity index (χ1) is 8.95. The molecule has 2 heterocycles. The predicted octanol–water partition coefficient (Wildman–Crippen LogP) is 0.983. The molecule has 2 aliphatic heterocycles. The third-order valence-electron chi connectivity index (χ3n) is 4.92. The average Bonchev–Trinajstić information content (AvgIpc) is 2.61. The van der Waals surface area contributed by atoms with Crippen LogP contribution in [0.1, 0.15) is 33.1 Å². The largest absolute Gasteiger partial charge is 0.477 e. The minimum atomic E-state index is -1.01. The Balaban J connectivity index is 2.04. The van der Waals surface area contributed by atoms with Crippen molar-refractivity contribution in [1.82, 2.24) is 4.90 Å². The van der Waals surface area contributed by atoms with Crippen molar-refractivity contribution in [2.24, 2.45) is 17.8 Å². The number of carboxylic acids is 1. The van der Waals surface area contributed by atoms with Crippen LogP contribution < -0.4 is 0 Å². The number of carboxylic acid groups (broad SMARTS) is 1. The van der Waals surface area contributed by atoms with Gasteiger partial charge in [-0.3, -0.25) is 4.79 Å². The highest BCUT2D eigenvalue weighted by atomic mass is 16.4. The zero-order chi connectivity index (χ0) is 13.9. The number of carbonyl (C=O) groups is 2. The van der Waals surface area contributed by atoms with Crippen LogP contribution in [0, 0.1) is 17.8 Å². The number of aliphatic hydroxyl groups is 1. The van der Waals surface area contributed by atoms with Gasteiger partial charge in [-0.05, 0) is 31.3 Å². The van der Waals surface area contributed by atoms with E-state index in [2.05, 4.69) is 0 Å². The second kappa shape index (κ2) is 4.07. The summed E-state index contributed by atoms with van der Waals surface area (Å²) in [6.07, 6.45) is 2.26. The van der Waals surface area contributed by atoms with Crippen molar-refractivity contribution < 1.29 is 19.8 Å². The minimum Gasteiger partial charge on any atom is -0.477 e. The molecular weight excluding hydrogens is 246 g/mol. The molecular formula is C14H19NO4. The number of carbonyl (C=O) groups excluding carboxylic acids is 1. The molecule has 0 spiro atoms. The molecule has 19 heavy (non-hydrogen) atoms. The van der Waals surface area contributed by atoms with E-state index in [0.29, 0.717) is 0 Å². The number of β-lactam (4-membered cyclic amide) rings is 1. The number of aliphatic hydroxyl groups excluding tert-OH is 1. The van der Waals surface area contributed by atoms with E-state index >= 15 is 0 Å². The number of hydrogen-bond acceptors (Lipinski definition) is 3. The van der Waals surface area contributed by atoms with E-state index in [9.17, 15) is 19.8 Å². The fraction of sp³-hybridized carbons (Fsp3) is 0.714. The highest BCUT2D eigenvalue weighted by Gasteiger charge is 2.61. The van der Waals surface area contributed by atoms with Crippen molar-refractivity contribution in [1.29, 1.82) is 0 Å². The highest BCUT2D eigenvalue weighted by Crippen LogP contribution is 2.53. The first-order valence-corrected chi connectivity index (χ1v) is 6.93. The number of amides is 1. The van der Waals surface area contributed by atoms with Crippen LogP contribution in [0.2, 0.25) is 0 Å². The topological polar surface area (TPSA) is 77.8 Å². The summed E-state index contributed by atoms with van der Waals surface area (Å²) in [4.78, 5) is 25.0. The van der Waals surface area contributed by atoms with Gasteiger partial charge >= 0.3 is 5.97 Å². The molecule has 0 aromatic carbocycles. The summed E-state index contributed by atoms with van der Waals surface area (Å²) in [5.74, 6) is -1.31. The summed E-state index contributed by atoms with van der Waals surface area (Å²) in [5.41, 5.74) is 1.13. The fourth-order valence-electron chi connectivity index (χ4n) is 4.16. The Bertz CT molecular complexity index is 482. The Labute approximate surface area is 111 Å². The Hall–Kier alpha value is -1.36. The summed E-state index contributed by atoms with van der Waals surface area (Å²) in [6.45, 7) is 3.66. The Morgan fingerprint density at radius 3 is 2.68 bits per heavy atom. The maximum atomic E-state index is 12.1. The second-order valence-corrected chi connectivity index (χ2v) is 6.01. The second-order valence-electron chi connectivity index (χ2n) is 6.01. The van der Waals surface area contributed by atoms with E-state index in [-0.39, 0.29) is 29.5 Å². The van der Waals surface area contributed by atoms with E-state index in [1.54, 1.807) is 6.92 Å². The van der Waals surface area contributed by atoms with Crippen LogP contribution in [0.25, 0.3) is 0 Å². The lowest BCUT2D eigenvalue weighted by atomic mass is 9.70. The van der Waals surface area contributed by atoms with Crippen LogP contribution in [-0.4, -0.2) is 39.1 Å². The first-order valence-electron chi connectivity index (χ1n) is 6.93. The predicted molar refractivity (Wildman–Crippen MR) is 67.0 cm³/mol. The van der Waals surface area contributed by atoms with Gasteiger partial charge in [0.1, 0.15) is 5.70 Å². The van der Waals surface area contributed by atoms with Crippen molar-refractivity contribution >= 4 is 11.9 Å². The maximum Gasteiger partial charge on any atom is 0.352 e. The Morgan fingerprint density at radius 1 is 1.42 bits per heavy atom. The molecule has 2 N–H and O–H groups in total. The van der Waals surface area contributed by atoms with Crippen LogP contribution in [0.5, 0.6) is 0 Å². The molecule has 5 heteroatoms. The molecule has 3 aliphatic rings. The lowest BCUT2D eigenvalue weighted by Gasteiger charge is -2.47. The third-order valence-corrected chi connectivity index (χ3v) is 4.92. The summed E-state index contributed by atoms with van der Waals surface area (Å²) in [5, 5.41) is 19.2. The number of aliphatic carboxylic acids is 1. The molecule has 1 saturated carbocycles.